The molecule has 0 atom stereocenters. The van der Waals surface area contributed by atoms with E-state index in [2.05, 4.69) is 35.4 Å². The summed E-state index contributed by atoms with van der Waals surface area (Å²) in [6.07, 6.45) is 1.90. The number of nitrogens with one attached hydrogen (secondary N) is 2. The molecule has 3 nitrogen and oxygen atoms in total. The molecule has 3 rings (SSSR count). The van der Waals surface area contributed by atoms with Gasteiger partial charge in [0.2, 0.25) is 0 Å². The summed E-state index contributed by atoms with van der Waals surface area (Å²) in [6.45, 7) is 2.86. The third-order valence-corrected chi connectivity index (χ3v) is 3.24. The highest BCUT2D eigenvalue weighted by atomic mass is 16.1. The first-order valence-corrected chi connectivity index (χ1v) is 5.71. The van der Waals surface area contributed by atoms with E-state index in [-0.39, 0.29) is 5.91 Å². The van der Waals surface area contributed by atoms with Crippen LogP contribution in [0, 0.1) is 0 Å². The number of carbonyl (C=O) groups excluding carboxylic acids is 1. The van der Waals surface area contributed by atoms with Crippen molar-refractivity contribution in [1.29, 1.82) is 0 Å². The molecule has 0 saturated heterocycles. The molecule has 0 spiro atoms. The average molecular weight is 214 g/mol. The van der Waals surface area contributed by atoms with Crippen LogP contribution in [0.25, 0.3) is 10.9 Å². The second-order valence-corrected chi connectivity index (χ2v) is 4.22. The summed E-state index contributed by atoms with van der Waals surface area (Å²) in [6, 6.07) is 6.30. The second-order valence-electron chi connectivity index (χ2n) is 4.22. The number of aromatic amines is 1. The van der Waals surface area contributed by atoms with Crippen molar-refractivity contribution >= 4 is 16.8 Å². The number of aryl methyl sites for hydroxylation is 1. The van der Waals surface area contributed by atoms with E-state index in [0.29, 0.717) is 0 Å². The Morgan fingerprint density at radius 2 is 2.25 bits per heavy atom. The van der Waals surface area contributed by atoms with Crippen molar-refractivity contribution in [2.24, 2.45) is 0 Å². The predicted octanol–water partition coefficient (Wildman–Crippen LogP) is 2.02. The van der Waals surface area contributed by atoms with Gasteiger partial charge in [-0.25, -0.2) is 0 Å². The Bertz CT molecular complexity index is 569. The normalized spacial score (nSPS) is 14.9. The SMILES string of the molecule is CCc1ccc2[nH]c3c(c2c1)C(=O)NCC3. The summed E-state index contributed by atoms with van der Waals surface area (Å²) in [7, 11) is 0. The van der Waals surface area contributed by atoms with Gasteiger partial charge in [-0.05, 0) is 24.1 Å². The minimum absolute atomic E-state index is 0.0563. The molecule has 82 valence electrons. The van der Waals surface area contributed by atoms with Crippen molar-refractivity contribution < 1.29 is 4.79 Å². The Morgan fingerprint density at radius 3 is 3.06 bits per heavy atom. The Kier molecular flexibility index (Phi) is 1.99. The highest BCUT2D eigenvalue weighted by Crippen LogP contribution is 2.25. The largest absolute Gasteiger partial charge is 0.358 e. The fourth-order valence-corrected chi connectivity index (χ4v) is 2.35. The van der Waals surface area contributed by atoms with Crippen LogP contribution < -0.4 is 5.32 Å². The highest BCUT2D eigenvalue weighted by Gasteiger charge is 2.21. The van der Waals surface area contributed by atoms with Crippen LogP contribution in [0.4, 0.5) is 0 Å². The summed E-state index contributed by atoms with van der Waals surface area (Å²) < 4.78 is 0. The van der Waals surface area contributed by atoms with Crippen LogP contribution in [0.3, 0.4) is 0 Å². The lowest BCUT2D eigenvalue weighted by Crippen LogP contribution is -2.31. The summed E-state index contributed by atoms with van der Waals surface area (Å²) >= 11 is 0. The van der Waals surface area contributed by atoms with Gasteiger partial charge in [-0.15, -0.1) is 0 Å². The van der Waals surface area contributed by atoms with Crippen molar-refractivity contribution in [2.75, 3.05) is 6.54 Å². The average Bonchev–Trinajstić information content (AvgIpc) is 2.67. The molecule has 3 heteroatoms. The first-order valence-electron chi connectivity index (χ1n) is 5.71. The maximum atomic E-state index is 11.8. The van der Waals surface area contributed by atoms with Crippen LogP contribution in [-0.4, -0.2) is 17.4 Å². The molecule has 2 heterocycles. The molecule has 0 bridgehead atoms. The molecule has 0 aliphatic carbocycles. The number of amides is 1. The van der Waals surface area contributed by atoms with Crippen molar-refractivity contribution in [3.63, 3.8) is 0 Å². The molecule has 0 unspecified atom stereocenters. The van der Waals surface area contributed by atoms with Gasteiger partial charge in [0.05, 0.1) is 5.56 Å². The number of hydrogen-bond acceptors (Lipinski definition) is 1. The number of rotatable bonds is 1. The van der Waals surface area contributed by atoms with E-state index in [4.69, 9.17) is 0 Å². The van der Waals surface area contributed by atoms with E-state index in [0.717, 1.165) is 41.5 Å². The first-order chi connectivity index (χ1) is 7.79. The molecule has 2 N–H and O–H groups in total. The van der Waals surface area contributed by atoms with Gasteiger partial charge in [-0.3, -0.25) is 4.79 Å². The number of carbonyl (C=O) groups is 1. The van der Waals surface area contributed by atoms with Crippen LogP contribution in [-0.2, 0) is 12.8 Å². The van der Waals surface area contributed by atoms with E-state index >= 15 is 0 Å². The third kappa shape index (κ3) is 1.24. The van der Waals surface area contributed by atoms with Crippen LogP contribution in [0.1, 0.15) is 28.5 Å². The van der Waals surface area contributed by atoms with Gasteiger partial charge in [-0.2, -0.15) is 0 Å². The minimum atomic E-state index is 0.0563. The zero-order chi connectivity index (χ0) is 11.1. The Labute approximate surface area is 93.9 Å². The number of aromatic nitrogens is 1. The quantitative estimate of drug-likeness (QED) is 0.749. The number of fused-ring (bicyclic) bond motifs is 3. The summed E-state index contributed by atoms with van der Waals surface area (Å²) in [5.41, 5.74) is 4.26. The van der Waals surface area contributed by atoms with Crippen molar-refractivity contribution in [3.05, 3.63) is 35.0 Å². The zero-order valence-electron chi connectivity index (χ0n) is 9.26. The third-order valence-electron chi connectivity index (χ3n) is 3.24. The molecule has 2 aromatic rings. The maximum Gasteiger partial charge on any atom is 0.253 e. The summed E-state index contributed by atoms with van der Waals surface area (Å²) in [5.74, 6) is 0.0563. The van der Waals surface area contributed by atoms with Gasteiger partial charge < -0.3 is 10.3 Å². The maximum absolute atomic E-state index is 11.8. The molecule has 1 aliphatic rings. The minimum Gasteiger partial charge on any atom is -0.358 e. The number of benzene rings is 1. The van der Waals surface area contributed by atoms with E-state index in [1.807, 2.05) is 0 Å². The Morgan fingerprint density at radius 1 is 1.38 bits per heavy atom. The fourth-order valence-electron chi connectivity index (χ4n) is 2.35. The molecule has 1 aliphatic heterocycles. The molecule has 0 radical (unpaired) electrons. The molecule has 0 fully saturated rings. The van der Waals surface area contributed by atoms with Crippen LogP contribution in [0.15, 0.2) is 18.2 Å². The van der Waals surface area contributed by atoms with E-state index in [1.165, 1.54) is 5.56 Å². The van der Waals surface area contributed by atoms with Gasteiger partial charge in [-0.1, -0.05) is 13.0 Å². The highest BCUT2D eigenvalue weighted by molar-refractivity contribution is 6.09. The smallest absolute Gasteiger partial charge is 0.253 e. The molecule has 0 saturated carbocycles. The molecule has 1 amide bonds. The summed E-state index contributed by atoms with van der Waals surface area (Å²) in [4.78, 5) is 15.2. The topological polar surface area (TPSA) is 44.9 Å². The van der Waals surface area contributed by atoms with Gasteiger partial charge in [0.15, 0.2) is 0 Å². The summed E-state index contributed by atoms with van der Waals surface area (Å²) in [5, 5.41) is 3.96. The number of hydrogen-bond donors (Lipinski definition) is 2. The van der Waals surface area contributed by atoms with Crippen molar-refractivity contribution in [2.45, 2.75) is 19.8 Å². The van der Waals surface area contributed by atoms with Crippen LogP contribution in [0.5, 0.6) is 0 Å². The molecule has 1 aromatic heterocycles. The molecule has 16 heavy (non-hydrogen) atoms. The lowest BCUT2D eigenvalue weighted by molar-refractivity contribution is 0.0947. The van der Waals surface area contributed by atoms with Crippen molar-refractivity contribution in [3.8, 4) is 0 Å². The molecule has 1 aromatic carbocycles. The van der Waals surface area contributed by atoms with Crippen LogP contribution in [0.2, 0.25) is 0 Å². The molecular weight excluding hydrogens is 200 g/mol. The van der Waals surface area contributed by atoms with E-state index in [1.54, 1.807) is 0 Å². The lowest BCUT2D eigenvalue weighted by Gasteiger charge is -2.12. The van der Waals surface area contributed by atoms with Crippen LogP contribution >= 0.6 is 0 Å². The Balaban J connectivity index is 2.31. The van der Waals surface area contributed by atoms with Gasteiger partial charge in [0.1, 0.15) is 0 Å². The Hall–Kier alpha value is -1.77. The predicted molar refractivity (Wildman–Crippen MR) is 63.7 cm³/mol. The van der Waals surface area contributed by atoms with Gasteiger partial charge in [0.25, 0.3) is 5.91 Å². The lowest BCUT2D eigenvalue weighted by atomic mass is 10.0. The first kappa shape index (κ1) is 9.46. The zero-order valence-corrected chi connectivity index (χ0v) is 9.26. The second kappa shape index (κ2) is 3.37. The standard InChI is InChI=1S/C13H14N2O/c1-2-8-3-4-10-9(7-8)12-11(15-10)5-6-14-13(12)16/h3-4,7,15H,2,5-6H2,1H3,(H,14,16). The number of H-pyrrole nitrogens is 1. The monoisotopic (exact) mass is 214 g/mol. The van der Waals surface area contributed by atoms with E-state index < -0.39 is 0 Å². The van der Waals surface area contributed by atoms with Crippen molar-refractivity contribution in [1.82, 2.24) is 10.3 Å². The van der Waals surface area contributed by atoms with Gasteiger partial charge in [0, 0.05) is 29.6 Å². The molecular formula is C13H14N2O. The fraction of sp³-hybridized carbons (Fsp3) is 0.308. The van der Waals surface area contributed by atoms with E-state index in [9.17, 15) is 4.79 Å². The van der Waals surface area contributed by atoms with Gasteiger partial charge >= 0.3 is 0 Å².